The number of aryl methyl sites for hydroxylation is 2. The summed E-state index contributed by atoms with van der Waals surface area (Å²) >= 11 is 1.40. The molecule has 0 unspecified atom stereocenters. The third-order valence-corrected chi connectivity index (χ3v) is 5.22. The maximum absolute atomic E-state index is 12.4. The molecule has 3 rings (SSSR count). The number of amides is 1. The van der Waals surface area contributed by atoms with Gasteiger partial charge in [0.25, 0.3) is 0 Å². The summed E-state index contributed by atoms with van der Waals surface area (Å²) in [5.41, 5.74) is 2.34. The van der Waals surface area contributed by atoms with Gasteiger partial charge in [0.1, 0.15) is 5.82 Å². The van der Waals surface area contributed by atoms with Crippen LogP contribution in [0.25, 0.3) is 0 Å². The van der Waals surface area contributed by atoms with Gasteiger partial charge in [-0.2, -0.15) is 0 Å². The lowest BCUT2D eigenvalue weighted by atomic mass is 10.2. The van der Waals surface area contributed by atoms with Crippen LogP contribution in [0.3, 0.4) is 0 Å². The fraction of sp³-hybridized carbons (Fsp3) is 0.529. The van der Waals surface area contributed by atoms with Gasteiger partial charge in [0.15, 0.2) is 0 Å². The molecule has 2 aromatic rings. The Bertz CT molecular complexity index is 711. The highest BCUT2D eigenvalue weighted by Crippen LogP contribution is 2.15. The number of carbonyl (C=O) groups is 1. The number of hydrogen-bond acceptors (Lipinski definition) is 6. The van der Waals surface area contributed by atoms with Gasteiger partial charge < -0.3 is 4.90 Å². The van der Waals surface area contributed by atoms with Crippen LogP contribution >= 0.6 is 11.8 Å². The number of carbonyl (C=O) groups excluding carboxylic acids is 1. The summed E-state index contributed by atoms with van der Waals surface area (Å²) in [6, 6.07) is 4.05. The summed E-state index contributed by atoms with van der Waals surface area (Å²) in [6.07, 6.45) is 2.66. The molecule has 2 aromatic heterocycles. The minimum absolute atomic E-state index is 0.154. The van der Waals surface area contributed by atoms with E-state index in [1.165, 1.54) is 17.3 Å². The molecule has 0 spiro atoms. The van der Waals surface area contributed by atoms with Crippen molar-refractivity contribution in [2.45, 2.75) is 32.0 Å². The maximum atomic E-state index is 12.4. The van der Waals surface area contributed by atoms with Crippen molar-refractivity contribution in [3.05, 3.63) is 35.4 Å². The molecular formula is C17H24N6OS. The van der Waals surface area contributed by atoms with Gasteiger partial charge in [0, 0.05) is 45.3 Å². The molecule has 3 heterocycles. The molecule has 8 heteroatoms. The summed E-state index contributed by atoms with van der Waals surface area (Å²) < 4.78 is 0. The number of nitrogens with one attached hydrogen (secondary N) is 1. The fourth-order valence-electron chi connectivity index (χ4n) is 2.77. The van der Waals surface area contributed by atoms with Gasteiger partial charge in [-0.25, -0.2) is 4.98 Å². The first-order valence-corrected chi connectivity index (χ1v) is 9.59. The number of nitrogens with zero attached hydrogens (tertiary/aromatic N) is 5. The van der Waals surface area contributed by atoms with Gasteiger partial charge >= 0.3 is 0 Å². The van der Waals surface area contributed by atoms with Crippen molar-refractivity contribution in [1.82, 2.24) is 30.0 Å². The first kappa shape index (κ1) is 17.9. The molecule has 25 heavy (non-hydrogen) atoms. The molecule has 1 fully saturated rings. The van der Waals surface area contributed by atoms with Crippen LogP contribution in [0.2, 0.25) is 0 Å². The van der Waals surface area contributed by atoms with Crippen molar-refractivity contribution in [1.29, 1.82) is 0 Å². The van der Waals surface area contributed by atoms with E-state index < -0.39 is 0 Å². The average molecular weight is 360 g/mol. The lowest BCUT2D eigenvalue weighted by Gasteiger charge is -2.34. The highest BCUT2D eigenvalue weighted by Gasteiger charge is 2.22. The van der Waals surface area contributed by atoms with E-state index >= 15 is 0 Å². The molecule has 7 nitrogen and oxygen atoms in total. The normalized spacial score (nSPS) is 15.5. The summed E-state index contributed by atoms with van der Waals surface area (Å²) in [6.45, 7) is 8.25. The van der Waals surface area contributed by atoms with Gasteiger partial charge in [0.2, 0.25) is 11.1 Å². The van der Waals surface area contributed by atoms with E-state index in [0.29, 0.717) is 10.9 Å². The van der Waals surface area contributed by atoms with Gasteiger partial charge in [-0.05, 0) is 18.6 Å². The second kappa shape index (κ2) is 8.44. The zero-order chi connectivity index (χ0) is 17.6. The molecule has 1 N–H and O–H groups in total. The summed E-state index contributed by atoms with van der Waals surface area (Å²) in [7, 11) is 0. The number of H-pyrrole nitrogens is 1. The zero-order valence-corrected chi connectivity index (χ0v) is 15.6. The topological polar surface area (TPSA) is 78.0 Å². The van der Waals surface area contributed by atoms with Crippen molar-refractivity contribution in [3.63, 3.8) is 0 Å². The van der Waals surface area contributed by atoms with Crippen LogP contribution in [0.4, 0.5) is 0 Å². The van der Waals surface area contributed by atoms with Crippen molar-refractivity contribution in [3.8, 4) is 0 Å². The number of aromatic amines is 1. The van der Waals surface area contributed by atoms with Crippen LogP contribution in [-0.4, -0.2) is 67.8 Å². The quantitative estimate of drug-likeness (QED) is 0.787. The van der Waals surface area contributed by atoms with Crippen LogP contribution in [0.5, 0.6) is 0 Å². The molecule has 1 aliphatic rings. The van der Waals surface area contributed by atoms with E-state index in [0.717, 1.165) is 50.7 Å². The number of hydrogen-bond donors (Lipinski definition) is 1. The predicted molar refractivity (Wildman–Crippen MR) is 97.3 cm³/mol. The van der Waals surface area contributed by atoms with Gasteiger partial charge in [-0.1, -0.05) is 24.8 Å². The molecule has 1 amide bonds. The van der Waals surface area contributed by atoms with E-state index in [-0.39, 0.29) is 5.91 Å². The second-order valence-corrected chi connectivity index (χ2v) is 7.07. The van der Waals surface area contributed by atoms with E-state index in [1.807, 2.05) is 24.1 Å². The lowest BCUT2D eigenvalue weighted by Crippen LogP contribution is -2.49. The number of pyridine rings is 1. The van der Waals surface area contributed by atoms with E-state index in [4.69, 9.17) is 0 Å². The molecule has 0 atom stereocenters. The molecule has 0 saturated carbocycles. The minimum Gasteiger partial charge on any atom is -0.339 e. The Morgan fingerprint density at radius 3 is 2.80 bits per heavy atom. The van der Waals surface area contributed by atoms with E-state index in [1.54, 1.807) is 0 Å². The van der Waals surface area contributed by atoms with Crippen LogP contribution in [0, 0.1) is 6.92 Å². The zero-order valence-electron chi connectivity index (χ0n) is 14.7. The standard InChI is InChI=1S/C17H24N6OS/c1-3-15-19-17(21-20-15)25-12-16(24)23-9-7-22(8-10-23)11-14-13(2)5-4-6-18-14/h4-6H,3,7-12H2,1-2H3,(H,19,20,21). The van der Waals surface area contributed by atoms with Crippen molar-refractivity contribution in [2.24, 2.45) is 0 Å². The van der Waals surface area contributed by atoms with Crippen molar-refractivity contribution < 1.29 is 4.79 Å². The van der Waals surface area contributed by atoms with Crippen LogP contribution in [-0.2, 0) is 17.8 Å². The molecule has 0 aromatic carbocycles. The van der Waals surface area contributed by atoms with Crippen LogP contribution < -0.4 is 0 Å². The molecule has 1 aliphatic heterocycles. The average Bonchev–Trinajstić information content (AvgIpc) is 3.10. The summed E-state index contributed by atoms with van der Waals surface area (Å²) in [4.78, 5) is 25.4. The van der Waals surface area contributed by atoms with Crippen molar-refractivity contribution in [2.75, 3.05) is 31.9 Å². The Morgan fingerprint density at radius 1 is 1.32 bits per heavy atom. The smallest absolute Gasteiger partial charge is 0.233 e. The first-order chi connectivity index (χ1) is 12.2. The van der Waals surface area contributed by atoms with Gasteiger partial charge in [-0.15, -0.1) is 5.10 Å². The first-order valence-electron chi connectivity index (χ1n) is 8.60. The fourth-order valence-corrected chi connectivity index (χ4v) is 3.49. The molecule has 134 valence electrons. The SMILES string of the molecule is CCc1nc(SCC(=O)N2CCN(Cc3ncccc3C)CC2)n[nH]1. The van der Waals surface area contributed by atoms with Crippen molar-refractivity contribution >= 4 is 17.7 Å². The third-order valence-electron chi connectivity index (χ3n) is 4.39. The maximum Gasteiger partial charge on any atom is 0.233 e. The Hall–Kier alpha value is -1.93. The van der Waals surface area contributed by atoms with E-state index in [9.17, 15) is 4.79 Å². The third kappa shape index (κ3) is 4.79. The number of piperazine rings is 1. The summed E-state index contributed by atoms with van der Waals surface area (Å²) in [5.74, 6) is 1.40. The van der Waals surface area contributed by atoms with Gasteiger partial charge in [-0.3, -0.25) is 19.8 Å². The van der Waals surface area contributed by atoms with E-state index in [2.05, 4.69) is 38.1 Å². The highest BCUT2D eigenvalue weighted by atomic mass is 32.2. The molecule has 0 aliphatic carbocycles. The number of aromatic nitrogens is 4. The van der Waals surface area contributed by atoms with Gasteiger partial charge in [0.05, 0.1) is 11.4 Å². The minimum atomic E-state index is 0.154. The van der Waals surface area contributed by atoms with Crippen LogP contribution in [0.15, 0.2) is 23.5 Å². The monoisotopic (exact) mass is 360 g/mol. The Kier molecular flexibility index (Phi) is 6.04. The predicted octanol–water partition coefficient (Wildman–Crippen LogP) is 1.51. The molecular weight excluding hydrogens is 336 g/mol. The lowest BCUT2D eigenvalue weighted by molar-refractivity contribution is -0.130. The molecule has 0 bridgehead atoms. The van der Waals surface area contributed by atoms with Crippen LogP contribution in [0.1, 0.15) is 24.0 Å². The highest BCUT2D eigenvalue weighted by molar-refractivity contribution is 7.99. The number of thioether (sulfide) groups is 1. The summed E-state index contributed by atoms with van der Waals surface area (Å²) in [5, 5.41) is 7.63. The Balaban J connectivity index is 1.43. The number of rotatable bonds is 6. The molecule has 0 radical (unpaired) electrons. The Labute approximate surface area is 152 Å². The largest absolute Gasteiger partial charge is 0.339 e. The Morgan fingerprint density at radius 2 is 2.12 bits per heavy atom. The molecule has 1 saturated heterocycles. The second-order valence-electron chi connectivity index (χ2n) is 6.13.